The normalized spacial score (nSPS) is 13.8. The second-order valence-corrected chi connectivity index (χ2v) is 23.5. The number of benzene rings is 7. The number of aliphatic hydroxyl groups excluding tert-OH is 1. The van der Waals surface area contributed by atoms with E-state index in [0.717, 1.165) is 97.8 Å². The van der Waals surface area contributed by atoms with Crippen LogP contribution < -0.4 is 10.1 Å². The van der Waals surface area contributed by atoms with Crippen LogP contribution in [0.2, 0.25) is 5.02 Å². The van der Waals surface area contributed by atoms with Gasteiger partial charge in [-0.1, -0.05) is 183 Å². The molecule has 428 valence electrons. The molecule has 1 aliphatic carbocycles. The predicted octanol–water partition coefficient (Wildman–Crippen LogP) is 14.3. The highest BCUT2D eigenvalue weighted by Crippen LogP contribution is 2.35. The average molecular weight is 1260 g/mol. The van der Waals surface area contributed by atoms with Crippen molar-refractivity contribution >= 4 is 78.3 Å². The molecule has 5 N–H and O–H groups in total. The van der Waals surface area contributed by atoms with E-state index >= 15 is 0 Å². The summed E-state index contributed by atoms with van der Waals surface area (Å²) in [6.45, 7) is 16.7. The van der Waals surface area contributed by atoms with Crippen LogP contribution in [0.15, 0.2) is 179 Å². The van der Waals surface area contributed by atoms with E-state index < -0.39 is 46.8 Å². The number of rotatable bonds is 17. The van der Waals surface area contributed by atoms with Gasteiger partial charge in [0.15, 0.2) is 5.78 Å². The van der Waals surface area contributed by atoms with Crippen LogP contribution in [0.5, 0.6) is 5.75 Å². The lowest BCUT2D eigenvalue weighted by Gasteiger charge is -2.28. The number of Topliss-reactive ketones (excluding diaryl/α,β-unsaturated/α-hetero) is 3. The highest BCUT2D eigenvalue weighted by atomic mass is 79.9. The van der Waals surface area contributed by atoms with Crippen molar-refractivity contribution in [1.82, 2.24) is 10.2 Å². The van der Waals surface area contributed by atoms with Crippen molar-refractivity contribution in [2.24, 2.45) is 0 Å². The number of aliphatic carboxylic acids is 1. The van der Waals surface area contributed by atoms with Gasteiger partial charge in [-0.05, 0) is 161 Å². The van der Waals surface area contributed by atoms with Crippen molar-refractivity contribution in [3.63, 3.8) is 0 Å². The lowest BCUT2D eigenvalue weighted by molar-refractivity contribution is -0.131. The minimum atomic E-state index is -1.46. The number of carboxylic acids is 1. The Kier molecular flexibility index (Phi) is 23.0. The standard InChI is InChI=1S/C33H35ClN2O4.C17H16O4.C9H11BrO.C8H7BrO/c1-21(2)22-5-7-23(8-6-22)24-9-11-25(12-10-24)32(38)33(39)35-29(20-36-17-3-4-18-36)31(37)26-13-16-30(28(34)19-26)40-27-14-15-27;1-17(2,21)14-9-7-12(8-10-14)11-3-5-13(6-4-11)15(18)16(19)20;1-9(2,11)7-3-5-8(10)6-4-7;1-6(10)7-2-4-8(9)5-3-7/h5-13,16,19,27,29,31,37H,1,3-4,14-15,17-18,20H2,2H3,(H,35,39);3-10,21H,1-2H3,(H,19,20);3-6,11H,1-2H3;2-5H,1H3/t29-,31-;;;/m1.../s1. The van der Waals surface area contributed by atoms with Gasteiger partial charge in [-0.3, -0.25) is 19.2 Å². The van der Waals surface area contributed by atoms with Crippen LogP contribution in [-0.2, 0) is 20.8 Å². The van der Waals surface area contributed by atoms with Gasteiger partial charge in [-0.2, -0.15) is 0 Å². The Balaban J connectivity index is 0.000000212. The molecule has 1 saturated carbocycles. The Bertz CT molecular complexity index is 3310. The maximum Gasteiger partial charge on any atom is 0.377 e. The van der Waals surface area contributed by atoms with Gasteiger partial charge >= 0.3 is 5.97 Å². The van der Waals surface area contributed by atoms with E-state index in [4.69, 9.17) is 21.4 Å². The number of hydrogen-bond donors (Lipinski definition) is 5. The van der Waals surface area contributed by atoms with E-state index in [2.05, 4.69) is 48.7 Å². The Morgan fingerprint density at radius 1 is 0.622 bits per heavy atom. The number of aliphatic hydroxyl groups is 3. The molecule has 0 spiro atoms. The molecule has 2 fully saturated rings. The molecule has 1 aliphatic heterocycles. The minimum Gasteiger partial charge on any atom is -0.489 e. The molecule has 0 bridgehead atoms. The first-order valence-corrected chi connectivity index (χ1v) is 28.8. The van der Waals surface area contributed by atoms with E-state index in [-0.39, 0.29) is 17.5 Å². The molecular formula is C67H69Br2ClN2O10. The van der Waals surface area contributed by atoms with Crippen molar-refractivity contribution in [3.05, 3.63) is 223 Å². The molecule has 0 unspecified atom stereocenters. The maximum atomic E-state index is 13.1. The first kappa shape index (κ1) is 64.3. The van der Waals surface area contributed by atoms with Crippen molar-refractivity contribution < 1.29 is 49.1 Å². The average Bonchev–Trinajstić information content (AvgIpc) is 4.13. The smallest absolute Gasteiger partial charge is 0.377 e. The summed E-state index contributed by atoms with van der Waals surface area (Å²) in [6.07, 6.45) is 3.33. The molecule has 12 nitrogen and oxygen atoms in total. The molecule has 0 radical (unpaired) electrons. The lowest BCUT2D eigenvalue weighted by Crippen LogP contribution is -2.48. The molecule has 1 saturated heterocycles. The Morgan fingerprint density at radius 2 is 1.02 bits per heavy atom. The van der Waals surface area contributed by atoms with Crippen LogP contribution in [0.25, 0.3) is 27.8 Å². The zero-order chi connectivity index (χ0) is 59.9. The van der Waals surface area contributed by atoms with Crippen molar-refractivity contribution in [3.8, 4) is 28.0 Å². The number of carbonyl (C=O) groups is 5. The molecule has 15 heteroatoms. The van der Waals surface area contributed by atoms with Gasteiger partial charge in [0, 0.05) is 32.2 Å². The number of likely N-dealkylation sites (tertiary alicyclic amines) is 1. The Labute approximate surface area is 502 Å². The first-order chi connectivity index (χ1) is 38.8. The number of carbonyl (C=O) groups excluding carboxylic acids is 4. The molecular weight excluding hydrogens is 1190 g/mol. The number of carboxylic acid groups (broad SMARTS) is 1. The maximum absolute atomic E-state index is 13.1. The summed E-state index contributed by atoms with van der Waals surface area (Å²) in [7, 11) is 0. The van der Waals surface area contributed by atoms with Crippen LogP contribution in [0.3, 0.4) is 0 Å². The second-order valence-electron chi connectivity index (χ2n) is 21.3. The highest BCUT2D eigenvalue weighted by molar-refractivity contribution is 9.10. The zero-order valence-corrected chi connectivity index (χ0v) is 50.7. The quantitative estimate of drug-likeness (QED) is 0.0431. The number of ether oxygens (including phenoxy) is 1. The largest absolute Gasteiger partial charge is 0.489 e. The summed E-state index contributed by atoms with van der Waals surface area (Å²) < 4.78 is 7.85. The van der Waals surface area contributed by atoms with Crippen LogP contribution in [0.4, 0.5) is 0 Å². The van der Waals surface area contributed by atoms with Crippen molar-refractivity contribution in [1.29, 1.82) is 0 Å². The fourth-order valence-corrected chi connectivity index (χ4v) is 9.30. The van der Waals surface area contributed by atoms with Crippen LogP contribution in [0.1, 0.15) is 127 Å². The van der Waals surface area contributed by atoms with Crippen molar-refractivity contribution in [2.75, 3.05) is 19.6 Å². The zero-order valence-electron chi connectivity index (χ0n) is 46.8. The SMILES string of the molecule is C=C(C)c1ccc(-c2ccc(C(=O)C(=O)N[C@H](CN3CCCC3)[C@H](O)c3ccc(OC4CC4)c(Cl)c3)cc2)cc1.CC(=O)c1ccc(Br)cc1.CC(C)(O)c1ccc(-c2ccc(C(=O)C(=O)O)cc2)cc1.CC(C)(O)c1ccc(Br)cc1. The number of allylic oxidation sites excluding steroid dienone is 1. The van der Waals surface area contributed by atoms with Gasteiger partial charge < -0.3 is 35.4 Å². The summed E-state index contributed by atoms with van der Waals surface area (Å²) in [5, 5.41) is 42.7. The van der Waals surface area contributed by atoms with Crippen LogP contribution in [-0.4, -0.2) is 86.3 Å². The Morgan fingerprint density at radius 3 is 1.43 bits per heavy atom. The summed E-state index contributed by atoms with van der Waals surface area (Å²) in [5.41, 5.74) is 7.69. The first-order valence-electron chi connectivity index (χ1n) is 26.8. The Hall–Kier alpha value is -6.88. The molecule has 7 aromatic carbocycles. The topological polar surface area (TPSA) is 191 Å². The van der Waals surface area contributed by atoms with Gasteiger partial charge in [-0.25, -0.2) is 4.79 Å². The lowest BCUT2D eigenvalue weighted by atomic mass is 9.95. The van der Waals surface area contributed by atoms with Gasteiger partial charge in [0.2, 0.25) is 5.78 Å². The molecule has 1 heterocycles. The van der Waals surface area contributed by atoms with E-state index in [1.54, 1.807) is 89.2 Å². The number of hydrogen-bond acceptors (Lipinski definition) is 10. The summed E-state index contributed by atoms with van der Waals surface area (Å²) in [6, 6.07) is 48.3. The molecule has 0 aromatic heterocycles. The monoisotopic (exact) mass is 1250 g/mol. The molecule has 82 heavy (non-hydrogen) atoms. The van der Waals surface area contributed by atoms with Gasteiger partial charge in [-0.15, -0.1) is 0 Å². The highest BCUT2D eigenvalue weighted by Gasteiger charge is 2.31. The number of amides is 1. The van der Waals surface area contributed by atoms with Crippen LogP contribution in [0, 0.1) is 0 Å². The van der Waals surface area contributed by atoms with E-state index in [1.165, 1.54) is 12.1 Å². The fraction of sp³-hybridized carbons (Fsp3) is 0.269. The molecule has 2 aliphatic rings. The van der Waals surface area contributed by atoms with E-state index in [9.17, 15) is 39.3 Å². The third-order valence-electron chi connectivity index (χ3n) is 13.6. The van der Waals surface area contributed by atoms with E-state index in [0.29, 0.717) is 28.4 Å². The third kappa shape index (κ3) is 19.4. The fourth-order valence-electron chi connectivity index (χ4n) is 8.54. The van der Waals surface area contributed by atoms with E-state index in [1.807, 2.05) is 104 Å². The minimum absolute atomic E-state index is 0.104. The summed E-state index contributed by atoms with van der Waals surface area (Å²) in [5.74, 6) is -3.08. The molecule has 9 rings (SSSR count). The summed E-state index contributed by atoms with van der Waals surface area (Å²) >= 11 is 13.1. The van der Waals surface area contributed by atoms with Crippen molar-refractivity contribution in [2.45, 2.75) is 96.7 Å². The van der Waals surface area contributed by atoms with Gasteiger partial charge in [0.05, 0.1) is 28.4 Å². The number of halogens is 3. The summed E-state index contributed by atoms with van der Waals surface area (Å²) in [4.78, 5) is 61.1. The number of nitrogens with one attached hydrogen (secondary N) is 1. The predicted molar refractivity (Wildman–Crippen MR) is 331 cm³/mol. The number of nitrogens with zero attached hydrogens (tertiary/aromatic N) is 1. The third-order valence-corrected chi connectivity index (χ3v) is 15.0. The molecule has 2 atom stereocenters. The van der Waals surface area contributed by atoms with Gasteiger partial charge in [0.25, 0.3) is 11.7 Å². The molecule has 7 aromatic rings. The van der Waals surface area contributed by atoms with Gasteiger partial charge in [0.1, 0.15) is 11.9 Å². The number of ketones is 3. The van der Waals surface area contributed by atoms with Crippen LogP contribution >= 0.6 is 43.5 Å². The second kappa shape index (κ2) is 29.4. The molecule has 1 amide bonds.